The molecule has 0 aliphatic carbocycles. The maximum atomic E-state index is 13.0. The molecule has 3 aromatic carbocycles. The van der Waals surface area contributed by atoms with E-state index in [0.717, 1.165) is 10.2 Å². The van der Waals surface area contributed by atoms with Crippen LogP contribution in [0.1, 0.15) is 20.7 Å². The van der Waals surface area contributed by atoms with E-state index in [0.29, 0.717) is 16.3 Å². The average molecular weight is 435 g/mol. The summed E-state index contributed by atoms with van der Waals surface area (Å²) in [5.74, 6) is -1.14. The first-order valence-corrected chi connectivity index (χ1v) is 11.2. The highest BCUT2D eigenvalue weighted by atomic mass is 32.2. The lowest BCUT2D eigenvalue weighted by Crippen LogP contribution is -2.20. The second-order valence-electron chi connectivity index (χ2n) is 6.63. The van der Waals surface area contributed by atoms with Crippen molar-refractivity contribution in [2.75, 3.05) is 4.72 Å². The predicted molar refractivity (Wildman–Crippen MR) is 114 cm³/mol. The van der Waals surface area contributed by atoms with E-state index < -0.39 is 21.8 Å². The van der Waals surface area contributed by atoms with E-state index in [1.165, 1.54) is 29.5 Å². The number of aromatic nitrogens is 1. The van der Waals surface area contributed by atoms with Gasteiger partial charge in [-0.05, 0) is 42.5 Å². The van der Waals surface area contributed by atoms with Crippen molar-refractivity contribution in [3.63, 3.8) is 0 Å². The minimum atomic E-state index is -4.00. The number of amides is 2. The van der Waals surface area contributed by atoms with Crippen LogP contribution < -0.4 is 10.0 Å². The molecule has 0 bridgehead atoms. The zero-order chi connectivity index (χ0) is 20.9. The lowest BCUT2D eigenvalue weighted by atomic mass is 10.1. The van der Waals surface area contributed by atoms with Gasteiger partial charge in [0.25, 0.3) is 21.8 Å². The Labute approximate surface area is 175 Å². The maximum absolute atomic E-state index is 13.0. The number of nitrogens with zero attached hydrogens (tertiary/aromatic N) is 1. The minimum Gasteiger partial charge on any atom is -0.288 e. The van der Waals surface area contributed by atoms with Gasteiger partial charge in [-0.2, -0.15) is 0 Å². The second-order valence-corrected chi connectivity index (χ2v) is 9.34. The highest BCUT2D eigenvalue weighted by molar-refractivity contribution is 7.92. The molecule has 148 valence electrons. The van der Waals surface area contributed by atoms with Crippen molar-refractivity contribution in [1.82, 2.24) is 10.3 Å². The number of nitrogens with one attached hydrogen (secondary N) is 2. The molecule has 0 saturated carbocycles. The van der Waals surface area contributed by atoms with Gasteiger partial charge < -0.3 is 0 Å². The number of hydrogen-bond acceptors (Lipinski definition) is 6. The molecule has 5 rings (SSSR count). The Morgan fingerprint density at radius 1 is 0.833 bits per heavy atom. The minimum absolute atomic E-state index is 0.0438. The number of hydrogen-bond donors (Lipinski definition) is 2. The summed E-state index contributed by atoms with van der Waals surface area (Å²) in [4.78, 5) is 28.1. The number of imide groups is 1. The molecule has 0 fully saturated rings. The van der Waals surface area contributed by atoms with Gasteiger partial charge in [0.05, 0.1) is 31.9 Å². The molecule has 0 atom stereocenters. The van der Waals surface area contributed by atoms with Crippen molar-refractivity contribution in [3.8, 4) is 10.6 Å². The second kappa shape index (κ2) is 6.75. The first-order chi connectivity index (χ1) is 14.4. The fourth-order valence-electron chi connectivity index (χ4n) is 3.26. The van der Waals surface area contributed by atoms with E-state index in [4.69, 9.17) is 0 Å². The highest BCUT2D eigenvalue weighted by Gasteiger charge is 2.29. The van der Waals surface area contributed by atoms with Crippen LogP contribution in [0.2, 0.25) is 0 Å². The van der Waals surface area contributed by atoms with Gasteiger partial charge >= 0.3 is 0 Å². The van der Waals surface area contributed by atoms with Crippen LogP contribution in [0.15, 0.2) is 71.6 Å². The van der Waals surface area contributed by atoms with Crippen LogP contribution in [0.5, 0.6) is 0 Å². The van der Waals surface area contributed by atoms with Gasteiger partial charge in [0.1, 0.15) is 5.01 Å². The average Bonchev–Trinajstić information content (AvgIpc) is 3.29. The fourth-order valence-corrected chi connectivity index (χ4v) is 5.37. The van der Waals surface area contributed by atoms with Gasteiger partial charge in [0.15, 0.2) is 0 Å². The van der Waals surface area contributed by atoms with Gasteiger partial charge in [0.2, 0.25) is 0 Å². The molecule has 1 aromatic heterocycles. The summed E-state index contributed by atoms with van der Waals surface area (Å²) in [6, 6.07) is 18.5. The normalized spacial score (nSPS) is 13.3. The molecule has 2 N–H and O–H groups in total. The number of benzene rings is 3. The quantitative estimate of drug-likeness (QED) is 0.476. The third-order valence-corrected chi connectivity index (χ3v) is 7.15. The standard InChI is InChI=1S/C21H13N3O4S2/c25-19-13-10-9-12(11-15(13)20(26)23-19)30(27,28)24-16-6-2-1-5-14(16)21-22-17-7-3-4-8-18(17)29-21/h1-11,24H,(H,23,25,26). The van der Waals surface area contributed by atoms with Gasteiger partial charge in [-0.15, -0.1) is 11.3 Å². The Bertz CT molecular complexity index is 1430. The Hall–Kier alpha value is -3.56. The van der Waals surface area contributed by atoms with Crippen LogP contribution in [-0.4, -0.2) is 25.2 Å². The van der Waals surface area contributed by atoms with Crippen molar-refractivity contribution in [3.05, 3.63) is 77.9 Å². The van der Waals surface area contributed by atoms with Crippen molar-refractivity contribution < 1.29 is 18.0 Å². The molecule has 2 heterocycles. The largest absolute Gasteiger partial charge is 0.288 e. The Morgan fingerprint density at radius 3 is 2.40 bits per heavy atom. The first-order valence-electron chi connectivity index (χ1n) is 8.90. The molecular weight excluding hydrogens is 422 g/mol. The van der Waals surface area contributed by atoms with Crippen molar-refractivity contribution >= 4 is 49.1 Å². The Kier molecular flexibility index (Phi) is 4.16. The lowest BCUT2D eigenvalue weighted by Gasteiger charge is -2.12. The number of carbonyl (C=O) groups is 2. The molecule has 1 aliphatic rings. The van der Waals surface area contributed by atoms with E-state index in [2.05, 4.69) is 15.0 Å². The summed E-state index contributed by atoms with van der Waals surface area (Å²) in [5, 5.41) is 2.84. The summed E-state index contributed by atoms with van der Waals surface area (Å²) in [6.45, 7) is 0. The molecule has 2 amide bonds. The number of para-hydroxylation sites is 2. The van der Waals surface area contributed by atoms with Gasteiger partial charge in [-0.3, -0.25) is 19.6 Å². The van der Waals surface area contributed by atoms with Crippen LogP contribution in [0.3, 0.4) is 0 Å². The number of fused-ring (bicyclic) bond motifs is 2. The maximum Gasteiger partial charge on any atom is 0.261 e. The van der Waals surface area contributed by atoms with Crippen LogP contribution >= 0.6 is 11.3 Å². The fraction of sp³-hybridized carbons (Fsp3) is 0. The predicted octanol–water partition coefficient (Wildman–Crippen LogP) is 3.65. The van der Waals surface area contributed by atoms with Crippen molar-refractivity contribution in [1.29, 1.82) is 0 Å². The molecule has 0 radical (unpaired) electrons. The van der Waals surface area contributed by atoms with Gasteiger partial charge in [0, 0.05) is 5.56 Å². The topological polar surface area (TPSA) is 105 Å². The lowest BCUT2D eigenvalue weighted by molar-refractivity contribution is 0.0879. The van der Waals surface area contributed by atoms with Crippen LogP contribution in [0, 0.1) is 0 Å². The third kappa shape index (κ3) is 3.04. The molecule has 0 saturated heterocycles. The van der Waals surface area contributed by atoms with Crippen molar-refractivity contribution in [2.24, 2.45) is 0 Å². The number of anilines is 1. The van der Waals surface area contributed by atoms with E-state index >= 15 is 0 Å². The van der Waals surface area contributed by atoms with E-state index in [-0.39, 0.29) is 16.0 Å². The van der Waals surface area contributed by atoms with E-state index in [1.54, 1.807) is 18.2 Å². The summed E-state index contributed by atoms with van der Waals surface area (Å²) >= 11 is 1.47. The molecule has 1 aliphatic heterocycles. The Balaban J connectivity index is 1.54. The van der Waals surface area contributed by atoms with Crippen LogP contribution in [0.4, 0.5) is 5.69 Å². The SMILES string of the molecule is O=C1NC(=O)c2cc(S(=O)(=O)Nc3ccccc3-c3nc4ccccc4s3)ccc21. The number of sulfonamides is 1. The number of thiazole rings is 1. The zero-order valence-corrected chi connectivity index (χ0v) is 16.9. The summed E-state index contributed by atoms with van der Waals surface area (Å²) < 4.78 is 29.6. The molecule has 9 heteroatoms. The van der Waals surface area contributed by atoms with Gasteiger partial charge in [-0.25, -0.2) is 13.4 Å². The van der Waals surface area contributed by atoms with Crippen LogP contribution in [-0.2, 0) is 10.0 Å². The summed E-state index contributed by atoms with van der Waals surface area (Å²) in [7, 11) is -4.00. The molecular formula is C21H13N3O4S2. The smallest absolute Gasteiger partial charge is 0.261 e. The third-order valence-electron chi connectivity index (χ3n) is 4.71. The first kappa shape index (κ1) is 18.5. The van der Waals surface area contributed by atoms with E-state index in [1.807, 2.05) is 30.3 Å². The Morgan fingerprint density at radius 2 is 1.57 bits per heavy atom. The van der Waals surface area contributed by atoms with Crippen molar-refractivity contribution in [2.45, 2.75) is 4.90 Å². The number of rotatable bonds is 4. The summed E-state index contributed by atoms with van der Waals surface area (Å²) in [5.41, 5.74) is 2.06. The molecule has 7 nitrogen and oxygen atoms in total. The highest BCUT2D eigenvalue weighted by Crippen LogP contribution is 2.35. The molecule has 0 unspecified atom stereocenters. The molecule has 0 spiro atoms. The zero-order valence-electron chi connectivity index (χ0n) is 15.2. The van der Waals surface area contributed by atoms with E-state index in [9.17, 15) is 18.0 Å². The van der Waals surface area contributed by atoms with Gasteiger partial charge in [-0.1, -0.05) is 24.3 Å². The molecule has 4 aromatic rings. The number of carbonyl (C=O) groups excluding carboxylic acids is 2. The summed E-state index contributed by atoms with van der Waals surface area (Å²) in [6.07, 6.45) is 0. The monoisotopic (exact) mass is 435 g/mol. The molecule has 30 heavy (non-hydrogen) atoms. The van der Waals surface area contributed by atoms with Crippen LogP contribution in [0.25, 0.3) is 20.8 Å².